The fourth-order valence-electron chi connectivity index (χ4n) is 5.72. The first-order chi connectivity index (χ1) is 22.2. The highest BCUT2D eigenvalue weighted by molar-refractivity contribution is 7.25. The second-order valence-electron chi connectivity index (χ2n) is 10.9. The summed E-state index contributed by atoms with van der Waals surface area (Å²) in [4.78, 5) is 20.1. The summed E-state index contributed by atoms with van der Waals surface area (Å²) in [6.45, 7) is 4.25. The van der Waals surface area contributed by atoms with Crippen molar-refractivity contribution in [1.29, 1.82) is 0 Å². The van der Waals surface area contributed by atoms with Gasteiger partial charge in [0.2, 0.25) is 0 Å². The first-order valence-electron chi connectivity index (χ1n) is 14.8. The predicted molar refractivity (Wildman–Crippen MR) is 190 cm³/mol. The number of imidazole rings is 1. The molecule has 0 aliphatic carbocycles. The molecule has 0 aliphatic heterocycles. The number of amidine groups is 2. The van der Waals surface area contributed by atoms with Crippen LogP contribution in [0.4, 0.5) is 0 Å². The highest BCUT2D eigenvalue weighted by atomic mass is 32.1. The van der Waals surface area contributed by atoms with E-state index in [9.17, 15) is 0 Å². The smallest absolute Gasteiger partial charge is 0.161 e. The van der Waals surface area contributed by atoms with Gasteiger partial charge in [0.05, 0.1) is 6.54 Å². The quantitative estimate of drug-likeness (QED) is 0.144. The summed E-state index contributed by atoms with van der Waals surface area (Å²) in [5, 5.41) is 3.57. The first kappa shape index (κ1) is 26.9. The Hall–Kier alpha value is -5.72. The Kier molecular flexibility index (Phi) is 6.81. The van der Waals surface area contributed by atoms with Gasteiger partial charge in [0, 0.05) is 27.4 Å². The standard InChI is InChI=1S/C39H27N5S/c1-40-37(27-10-4-2-5-11-27)43-38(28-12-6-3-7-13-28)41-24-26-16-17-30-23-31(19-18-29(30)22-26)32-20-21-35-42-36-33-14-8-9-15-34(33)45-39(36)44(35)25-32/h2-23,25H,1,24H2. The number of hydrogen-bond acceptors (Lipinski definition) is 3. The number of fused-ring (bicyclic) bond motifs is 6. The third kappa shape index (κ3) is 5.11. The molecule has 0 spiro atoms. The molecule has 3 aromatic heterocycles. The second-order valence-corrected chi connectivity index (χ2v) is 11.9. The molecule has 8 aromatic rings. The van der Waals surface area contributed by atoms with Crippen molar-refractivity contribution >= 4 is 66.6 Å². The molecule has 0 atom stereocenters. The third-order valence-corrected chi connectivity index (χ3v) is 9.16. The number of benzene rings is 5. The lowest BCUT2D eigenvalue weighted by Crippen LogP contribution is -2.05. The maximum atomic E-state index is 4.95. The second kappa shape index (κ2) is 11.4. The van der Waals surface area contributed by atoms with Crippen molar-refractivity contribution in [2.24, 2.45) is 15.0 Å². The van der Waals surface area contributed by atoms with Crippen LogP contribution in [0.3, 0.4) is 0 Å². The van der Waals surface area contributed by atoms with E-state index >= 15 is 0 Å². The van der Waals surface area contributed by atoms with Crippen LogP contribution in [0.15, 0.2) is 155 Å². The molecular formula is C39H27N5S. The van der Waals surface area contributed by atoms with E-state index < -0.39 is 0 Å². The molecular weight excluding hydrogens is 571 g/mol. The highest BCUT2D eigenvalue weighted by Crippen LogP contribution is 2.35. The number of aromatic nitrogens is 2. The number of nitrogens with zero attached hydrogens (tertiary/aromatic N) is 5. The fraction of sp³-hybridized carbons (Fsp3) is 0.0256. The molecule has 3 heterocycles. The summed E-state index contributed by atoms with van der Waals surface area (Å²) in [6.07, 6.45) is 2.21. The van der Waals surface area contributed by atoms with Crippen LogP contribution in [0.1, 0.15) is 16.7 Å². The number of rotatable bonds is 5. The molecule has 5 aromatic carbocycles. The van der Waals surface area contributed by atoms with Crippen molar-refractivity contribution in [1.82, 2.24) is 9.38 Å². The molecule has 0 N–H and O–H groups in total. The molecule has 0 unspecified atom stereocenters. The molecule has 45 heavy (non-hydrogen) atoms. The SMILES string of the molecule is C=NC(=NC(=NCc1ccc2cc(-c3ccc4nc5c6ccccc6sc5n4c3)ccc2c1)c1ccccc1)c1ccccc1. The van der Waals surface area contributed by atoms with Crippen LogP contribution < -0.4 is 0 Å². The summed E-state index contributed by atoms with van der Waals surface area (Å²) in [5.41, 5.74) is 7.31. The fourth-order valence-corrected chi connectivity index (χ4v) is 6.85. The average Bonchev–Trinajstić information content (AvgIpc) is 3.65. The first-order valence-corrected chi connectivity index (χ1v) is 15.6. The van der Waals surface area contributed by atoms with E-state index in [4.69, 9.17) is 15.0 Å². The number of aliphatic imine (C=N–C) groups is 3. The monoisotopic (exact) mass is 597 g/mol. The molecule has 0 bridgehead atoms. The number of pyridine rings is 1. The molecule has 214 valence electrons. The Balaban J connectivity index is 1.11. The topological polar surface area (TPSA) is 54.4 Å². The van der Waals surface area contributed by atoms with E-state index in [1.807, 2.05) is 60.7 Å². The van der Waals surface area contributed by atoms with Crippen molar-refractivity contribution in [2.75, 3.05) is 0 Å². The van der Waals surface area contributed by atoms with Crippen LogP contribution in [0.5, 0.6) is 0 Å². The molecule has 0 aliphatic rings. The lowest BCUT2D eigenvalue weighted by Gasteiger charge is -2.08. The lowest BCUT2D eigenvalue weighted by molar-refractivity contribution is 1.06. The zero-order chi connectivity index (χ0) is 30.2. The predicted octanol–water partition coefficient (Wildman–Crippen LogP) is 9.62. The molecule has 0 saturated heterocycles. The average molecular weight is 598 g/mol. The summed E-state index contributed by atoms with van der Waals surface area (Å²) in [7, 11) is 0. The van der Waals surface area contributed by atoms with Crippen LogP contribution in [0.2, 0.25) is 0 Å². The third-order valence-electron chi connectivity index (χ3n) is 8.00. The van der Waals surface area contributed by atoms with Gasteiger partial charge in [-0.15, -0.1) is 11.3 Å². The van der Waals surface area contributed by atoms with Gasteiger partial charge in [-0.25, -0.2) is 15.0 Å². The summed E-state index contributed by atoms with van der Waals surface area (Å²) in [5.74, 6) is 1.17. The van der Waals surface area contributed by atoms with Crippen molar-refractivity contribution in [3.8, 4) is 11.1 Å². The Morgan fingerprint density at radius 3 is 2.18 bits per heavy atom. The van der Waals surface area contributed by atoms with E-state index in [0.29, 0.717) is 18.2 Å². The minimum atomic E-state index is 0.493. The minimum Gasteiger partial charge on any atom is -0.290 e. The minimum absolute atomic E-state index is 0.493. The Morgan fingerprint density at radius 2 is 1.38 bits per heavy atom. The van der Waals surface area contributed by atoms with Crippen molar-refractivity contribution in [3.05, 3.63) is 156 Å². The summed E-state index contributed by atoms with van der Waals surface area (Å²) >= 11 is 1.79. The maximum absolute atomic E-state index is 4.95. The van der Waals surface area contributed by atoms with Crippen LogP contribution in [-0.2, 0) is 6.54 Å². The van der Waals surface area contributed by atoms with E-state index in [0.717, 1.165) is 33.4 Å². The molecule has 0 radical (unpaired) electrons. The van der Waals surface area contributed by atoms with E-state index in [1.54, 1.807) is 11.3 Å². The highest BCUT2D eigenvalue weighted by Gasteiger charge is 2.13. The summed E-state index contributed by atoms with van der Waals surface area (Å²) in [6, 6.07) is 45.8. The number of thiophene rings is 1. The molecule has 8 rings (SSSR count). The Labute approximate surface area is 264 Å². The van der Waals surface area contributed by atoms with Crippen molar-refractivity contribution < 1.29 is 0 Å². The van der Waals surface area contributed by atoms with Crippen LogP contribution in [0.25, 0.3) is 48.0 Å². The van der Waals surface area contributed by atoms with Gasteiger partial charge in [-0.2, -0.15) is 0 Å². The van der Waals surface area contributed by atoms with Gasteiger partial charge < -0.3 is 0 Å². The van der Waals surface area contributed by atoms with Crippen LogP contribution in [0, 0.1) is 0 Å². The van der Waals surface area contributed by atoms with Gasteiger partial charge in [-0.05, 0) is 64.5 Å². The zero-order valence-corrected chi connectivity index (χ0v) is 25.2. The van der Waals surface area contributed by atoms with E-state index in [1.165, 1.54) is 31.3 Å². The summed E-state index contributed by atoms with van der Waals surface area (Å²) < 4.78 is 3.48. The van der Waals surface area contributed by atoms with Crippen molar-refractivity contribution in [3.63, 3.8) is 0 Å². The molecule has 0 amide bonds. The Morgan fingerprint density at radius 1 is 0.689 bits per heavy atom. The lowest BCUT2D eigenvalue weighted by atomic mass is 10.0. The zero-order valence-electron chi connectivity index (χ0n) is 24.3. The van der Waals surface area contributed by atoms with Gasteiger partial charge in [0.1, 0.15) is 16.0 Å². The molecule has 5 nitrogen and oxygen atoms in total. The molecule has 6 heteroatoms. The van der Waals surface area contributed by atoms with E-state index in [-0.39, 0.29) is 0 Å². The van der Waals surface area contributed by atoms with E-state index in [2.05, 4.69) is 95.1 Å². The largest absolute Gasteiger partial charge is 0.290 e. The van der Waals surface area contributed by atoms with Gasteiger partial charge in [0.25, 0.3) is 0 Å². The van der Waals surface area contributed by atoms with Gasteiger partial charge in [-0.1, -0.05) is 103 Å². The van der Waals surface area contributed by atoms with Crippen molar-refractivity contribution in [2.45, 2.75) is 6.54 Å². The van der Waals surface area contributed by atoms with Crippen LogP contribution in [-0.4, -0.2) is 27.8 Å². The molecule has 0 fully saturated rings. The van der Waals surface area contributed by atoms with Gasteiger partial charge in [-0.3, -0.25) is 9.39 Å². The maximum Gasteiger partial charge on any atom is 0.161 e. The Bertz CT molecular complexity index is 2420. The molecule has 0 saturated carbocycles. The van der Waals surface area contributed by atoms with Gasteiger partial charge >= 0.3 is 0 Å². The van der Waals surface area contributed by atoms with Crippen LogP contribution >= 0.6 is 11.3 Å². The van der Waals surface area contributed by atoms with Gasteiger partial charge in [0.15, 0.2) is 11.7 Å². The number of hydrogen-bond donors (Lipinski definition) is 0. The normalized spacial score (nSPS) is 12.4.